The normalized spacial score (nSPS) is 12.8. The van der Waals surface area contributed by atoms with Crippen molar-refractivity contribution in [3.8, 4) is 5.69 Å². The average Bonchev–Trinajstić information content (AvgIpc) is 2.64. The Morgan fingerprint density at radius 1 is 1.44 bits per heavy atom. The average molecular weight is 281 g/mol. The molecule has 2 rings (SSSR count). The molecule has 2 aromatic rings. The standard InChI is InChI=1S/C12H13BrN2O/c1-8-6-14-15(7-8)12-5-10(13)3-4-11(12)9(2)16/h3-7,9,16H,1-2H3. The molecule has 0 aliphatic heterocycles. The van der Waals surface area contributed by atoms with Gasteiger partial charge in [0.05, 0.1) is 18.0 Å². The third-order valence-corrected chi connectivity index (χ3v) is 2.89. The van der Waals surface area contributed by atoms with Gasteiger partial charge in [0.2, 0.25) is 0 Å². The summed E-state index contributed by atoms with van der Waals surface area (Å²) in [6.07, 6.45) is 3.23. The van der Waals surface area contributed by atoms with Crippen molar-refractivity contribution < 1.29 is 5.11 Å². The van der Waals surface area contributed by atoms with Gasteiger partial charge in [-0.1, -0.05) is 22.0 Å². The van der Waals surface area contributed by atoms with E-state index in [0.29, 0.717) is 0 Å². The molecule has 0 radical (unpaired) electrons. The summed E-state index contributed by atoms with van der Waals surface area (Å²) in [4.78, 5) is 0. The molecule has 0 aliphatic carbocycles. The van der Waals surface area contributed by atoms with Gasteiger partial charge in [0, 0.05) is 16.2 Å². The van der Waals surface area contributed by atoms with E-state index in [1.54, 1.807) is 17.8 Å². The number of aliphatic hydroxyl groups excluding tert-OH is 1. The summed E-state index contributed by atoms with van der Waals surface area (Å²) in [6.45, 7) is 3.74. The SMILES string of the molecule is Cc1cnn(-c2cc(Br)ccc2C(C)O)c1. The summed E-state index contributed by atoms with van der Waals surface area (Å²) in [5.74, 6) is 0. The van der Waals surface area contributed by atoms with Crippen LogP contribution >= 0.6 is 15.9 Å². The van der Waals surface area contributed by atoms with Crippen LogP contribution in [0.2, 0.25) is 0 Å². The third kappa shape index (κ3) is 2.18. The Morgan fingerprint density at radius 3 is 2.75 bits per heavy atom. The minimum Gasteiger partial charge on any atom is -0.389 e. The maximum absolute atomic E-state index is 9.71. The predicted octanol–water partition coefficient (Wildman–Crippen LogP) is 3.00. The van der Waals surface area contributed by atoms with Crippen molar-refractivity contribution in [2.45, 2.75) is 20.0 Å². The Balaban J connectivity index is 2.57. The Labute approximate surface area is 103 Å². The maximum atomic E-state index is 9.71. The lowest BCUT2D eigenvalue weighted by Crippen LogP contribution is -2.03. The van der Waals surface area contributed by atoms with Gasteiger partial charge in [-0.2, -0.15) is 5.10 Å². The van der Waals surface area contributed by atoms with Crippen LogP contribution in [0, 0.1) is 6.92 Å². The molecule has 0 bridgehead atoms. The van der Waals surface area contributed by atoms with Crippen LogP contribution in [0.3, 0.4) is 0 Å². The lowest BCUT2D eigenvalue weighted by atomic mass is 10.1. The fraction of sp³-hybridized carbons (Fsp3) is 0.250. The Hall–Kier alpha value is -1.13. The minimum atomic E-state index is -0.507. The largest absolute Gasteiger partial charge is 0.389 e. The highest BCUT2D eigenvalue weighted by Gasteiger charge is 2.10. The number of aryl methyl sites for hydroxylation is 1. The van der Waals surface area contributed by atoms with Gasteiger partial charge in [0.15, 0.2) is 0 Å². The van der Waals surface area contributed by atoms with Crippen LogP contribution in [-0.2, 0) is 0 Å². The molecule has 16 heavy (non-hydrogen) atoms. The molecule has 1 aromatic heterocycles. The number of nitrogens with zero attached hydrogens (tertiary/aromatic N) is 2. The number of aromatic nitrogens is 2. The summed E-state index contributed by atoms with van der Waals surface area (Å²) >= 11 is 3.43. The van der Waals surface area contributed by atoms with E-state index in [2.05, 4.69) is 21.0 Å². The number of aliphatic hydroxyl groups is 1. The van der Waals surface area contributed by atoms with E-state index in [9.17, 15) is 5.11 Å². The van der Waals surface area contributed by atoms with Crippen LogP contribution in [-0.4, -0.2) is 14.9 Å². The predicted molar refractivity (Wildman–Crippen MR) is 66.6 cm³/mol. The first-order valence-corrected chi connectivity index (χ1v) is 5.86. The number of hydrogen-bond acceptors (Lipinski definition) is 2. The van der Waals surface area contributed by atoms with Crippen molar-refractivity contribution >= 4 is 15.9 Å². The van der Waals surface area contributed by atoms with Gasteiger partial charge in [-0.05, 0) is 31.5 Å². The summed E-state index contributed by atoms with van der Waals surface area (Å²) in [5.41, 5.74) is 2.86. The lowest BCUT2D eigenvalue weighted by Gasteiger charge is -2.12. The number of benzene rings is 1. The van der Waals surface area contributed by atoms with E-state index in [1.165, 1.54) is 0 Å². The molecule has 0 amide bonds. The van der Waals surface area contributed by atoms with Crippen LogP contribution in [0.1, 0.15) is 24.2 Å². The molecule has 0 aliphatic rings. The van der Waals surface area contributed by atoms with Crippen LogP contribution < -0.4 is 0 Å². The van der Waals surface area contributed by atoms with Crippen molar-refractivity contribution in [3.63, 3.8) is 0 Å². The molecule has 3 nitrogen and oxygen atoms in total. The van der Waals surface area contributed by atoms with Crippen molar-refractivity contribution in [2.24, 2.45) is 0 Å². The van der Waals surface area contributed by atoms with E-state index in [-0.39, 0.29) is 0 Å². The van der Waals surface area contributed by atoms with E-state index < -0.39 is 6.10 Å². The Bertz CT molecular complexity index is 505. The van der Waals surface area contributed by atoms with Gasteiger partial charge in [-0.3, -0.25) is 0 Å². The molecule has 0 spiro atoms. The molecule has 84 valence electrons. The Kier molecular flexibility index (Phi) is 3.12. The number of rotatable bonds is 2. The van der Waals surface area contributed by atoms with Crippen LogP contribution in [0.4, 0.5) is 0 Å². The highest BCUT2D eigenvalue weighted by atomic mass is 79.9. The van der Waals surface area contributed by atoms with Gasteiger partial charge < -0.3 is 5.11 Å². The first kappa shape index (κ1) is 11.4. The summed E-state index contributed by atoms with van der Waals surface area (Å²) in [6, 6.07) is 5.78. The van der Waals surface area contributed by atoms with Crippen LogP contribution in [0.25, 0.3) is 5.69 Å². The third-order valence-electron chi connectivity index (χ3n) is 2.40. The molecule has 1 unspecified atom stereocenters. The monoisotopic (exact) mass is 280 g/mol. The van der Waals surface area contributed by atoms with E-state index in [0.717, 1.165) is 21.3 Å². The van der Waals surface area contributed by atoms with Gasteiger partial charge in [-0.25, -0.2) is 4.68 Å². The minimum absolute atomic E-state index is 0.507. The van der Waals surface area contributed by atoms with E-state index in [1.807, 2.05) is 31.3 Å². The molecule has 1 heterocycles. The number of halogens is 1. The highest BCUT2D eigenvalue weighted by Crippen LogP contribution is 2.25. The molecule has 0 fully saturated rings. The molecule has 1 aromatic carbocycles. The van der Waals surface area contributed by atoms with Crippen molar-refractivity contribution in [3.05, 3.63) is 46.2 Å². The fourth-order valence-corrected chi connectivity index (χ4v) is 1.96. The molecule has 0 saturated heterocycles. The second-order valence-electron chi connectivity index (χ2n) is 3.84. The van der Waals surface area contributed by atoms with Crippen molar-refractivity contribution in [1.29, 1.82) is 0 Å². The summed E-state index contributed by atoms with van der Waals surface area (Å²) in [7, 11) is 0. The topological polar surface area (TPSA) is 38.0 Å². The van der Waals surface area contributed by atoms with E-state index in [4.69, 9.17) is 0 Å². The Morgan fingerprint density at radius 2 is 2.19 bits per heavy atom. The maximum Gasteiger partial charge on any atom is 0.0782 e. The zero-order chi connectivity index (χ0) is 11.7. The van der Waals surface area contributed by atoms with Crippen molar-refractivity contribution in [1.82, 2.24) is 9.78 Å². The first-order chi connectivity index (χ1) is 7.58. The zero-order valence-electron chi connectivity index (χ0n) is 9.18. The first-order valence-electron chi connectivity index (χ1n) is 5.07. The lowest BCUT2D eigenvalue weighted by molar-refractivity contribution is 0.199. The smallest absolute Gasteiger partial charge is 0.0782 e. The van der Waals surface area contributed by atoms with Gasteiger partial charge in [0.1, 0.15) is 0 Å². The highest BCUT2D eigenvalue weighted by molar-refractivity contribution is 9.10. The summed E-state index contributed by atoms with van der Waals surface area (Å²) in [5, 5.41) is 14.0. The molecule has 4 heteroatoms. The quantitative estimate of drug-likeness (QED) is 0.919. The van der Waals surface area contributed by atoms with Crippen molar-refractivity contribution in [2.75, 3.05) is 0 Å². The molecule has 1 N–H and O–H groups in total. The van der Waals surface area contributed by atoms with E-state index >= 15 is 0 Å². The van der Waals surface area contributed by atoms with Crippen LogP contribution in [0.5, 0.6) is 0 Å². The second kappa shape index (κ2) is 4.39. The van der Waals surface area contributed by atoms with Crippen LogP contribution in [0.15, 0.2) is 35.1 Å². The fourth-order valence-electron chi connectivity index (χ4n) is 1.61. The van der Waals surface area contributed by atoms with Gasteiger partial charge in [0.25, 0.3) is 0 Å². The molecule has 0 saturated carbocycles. The second-order valence-corrected chi connectivity index (χ2v) is 4.76. The summed E-state index contributed by atoms with van der Waals surface area (Å²) < 4.78 is 2.75. The molecular weight excluding hydrogens is 268 g/mol. The molecule has 1 atom stereocenters. The van der Waals surface area contributed by atoms with Gasteiger partial charge in [-0.15, -0.1) is 0 Å². The molecular formula is C12H13BrN2O. The van der Waals surface area contributed by atoms with Gasteiger partial charge >= 0.3 is 0 Å². The number of hydrogen-bond donors (Lipinski definition) is 1. The zero-order valence-corrected chi connectivity index (χ0v) is 10.8.